The monoisotopic (exact) mass is 258 g/mol. The van der Waals surface area contributed by atoms with Crippen molar-refractivity contribution in [3.63, 3.8) is 0 Å². The number of nitrogens with two attached hydrogens (primary N) is 1. The lowest BCUT2D eigenvalue weighted by atomic mass is 10.0. The van der Waals surface area contributed by atoms with Gasteiger partial charge < -0.3 is 10.5 Å². The van der Waals surface area contributed by atoms with Gasteiger partial charge in [0.25, 0.3) is 0 Å². The van der Waals surface area contributed by atoms with E-state index in [0.29, 0.717) is 6.54 Å². The Morgan fingerprint density at radius 3 is 2.39 bits per heavy atom. The fourth-order valence-electron chi connectivity index (χ4n) is 1.47. The molecule has 2 N–H and O–H groups in total. The number of hydrogen-bond donors (Lipinski definition) is 1. The predicted molar refractivity (Wildman–Crippen MR) is 67.5 cm³/mol. The number of nitrogens with zero attached hydrogens (tertiary/aromatic N) is 1. The van der Waals surface area contributed by atoms with E-state index in [0.717, 1.165) is 12.1 Å². The standard InChI is InChI=1S/C13H20F2N2O/c1-13(2,8-16)17(3)7-9-5-11(15)12(18-4)6-10(9)14/h5-6H,7-8,16H2,1-4H3. The Labute approximate surface area is 107 Å². The van der Waals surface area contributed by atoms with Crippen molar-refractivity contribution in [1.82, 2.24) is 4.90 Å². The van der Waals surface area contributed by atoms with E-state index in [1.54, 1.807) is 0 Å². The number of rotatable bonds is 5. The summed E-state index contributed by atoms with van der Waals surface area (Å²) >= 11 is 0. The van der Waals surface area contributed by atoms with Crippen molar-refractivity contribution in [2.45, 2.75) is 25.9 Å². The number of halogens is 2. The van der Waals surface area contributed by atoms with Gasteiger partial charge in [0, 0.05) is 30.3 Å². The number of benzene rings is 1. The molecule has 0 aliphatic carbocycles. The van der Waals surface area contributed by atoms with E-state index in [4.69, 9.17) is 10.5 Å². The van der Waals surface area contributed by atoms with Gasteiger partial charge in [0.15, 0.2) is 11.6 Å². The average molecular weight is 258 g/mol. The second-order valence-corrected chi connectivity index (χ2v) is 4.95. The second-order valence-electron chi connectivity index (χ2n) is 4.95. The molecular formula is C13H20F2N2O. The predicted octanol–water partition coefficient (Wildman–Crippen LogP) is 2.14. The van der Waals surface area contributed by atoms with E-state index < -0.39 is 11.6 Å². The molecule has 102 valence electrons. The van der Waals surface area contributed by atoms with Gasteiger partial charge in [-0.05, 0) is 27.0 Å². The van der Waals surface area contributed by atoms with Crippen molar-refractivity contribution in [2.75, 3.05) is 20.7 Å². The molecule has 5 heteroatoms. The molecule has 18 heavy (non-hydrogen) atoms. The van der Waals surface area contributed by atoms with E-state index in [9.17, 15) is 8.78 Å². The summed E-state index contributed by atoms with van der Waals surface area (Å²) in [6.07, 6.45) is 0. The largest absolute Gasteiger partial charge is 0.494 e. The summed E-state index contributed by atoms with van der Waals surface area (Å²) in [5, 5.41) is 0. The molecule has 0 bridgehead atoms. The van der Waals surface area contributed by atoms with Crippen LogP contribution in [0.25, 0.3) is 0 Å². The third-order valence-corrected chi connectivity index (χ3v) is 3.26. The van der Waals surface area contributed by atoms with Gasteiger partial charge in [-0.3, -0.25) is 4.90 Å². The molecule has 1 rings (SSSR count). The smallest absolute Gasteiger partial charge is 0.165 e. The SMILES string of the molecule is COc1cc(F)c(CN(C)C(C)(C)CN)cc1F. The minimum atomic E-state index is -0.562. The van der Waals surface area contributed by atoms with Crippen molar-refractivity contribution >= 4 is 0 Å². The normalized spacial score (nSPS) is 12.0. The average Bonchev–Trinajstić information content (AvgIpc) is 2.33. The van der Waals surface area contributed by atoms with Crippen LogP contribution in [0.15, 0.2) is 12.1 Å². The topological polar surface area (TPSA) is 38.5 Å². The van der Waals surface area contributed by atoms with Crippen molar-refractivity contribution in [3.05, 3.63) is 29.3 Å². The summed E-state index contributed by atoms with van der Waals surface area (Å²) in [5.74, 6) is -1.13. The number of likely N-dealkylation sites (N-methyl/N-ethyl adjacent to an activating group) is 1. The van der Waals surface area contributed by atoms with Crippen LogP contribution in [0.5, 0.6) is 5.75 Å². The Balaban J connectivity index is 2.95. The van der Waals surface area contributed by atoms with Gasteiger partial charge in [0.05, 0.1) is 7.11 Å². The fourth-order valence-corrected chi connectivity index (χ4v) is 1.47. The maximum atomic E-state index is 13.8. The number of methoxy groups -OCH3 is 1. The third kappa shape index (κ3) is 3.17. The van der Waals surface area contributed by atoms with E-state index in [2.05, 4.69) is 0 Å². The first-order chi connectivity index (χ1) is 8.31. The summed E-state index contributed by atoms with van der Waals surface area (Å²) in [6, 6.07) is 2.23. The highest BCUT2D eigenvalue weighted by molar-refractivity contribution is 5.30. The molecule has 0 heterocycles. The lowest BCUT2D eigenvalue weighted by Gasteiger charge is -2.34. The molecule has 0 spiro atoms. The summed E-state index contributed by atoms with van der Waals surface area (Å²) in [6.45, 7) is 4.62. The molecule has 1 aromatic rings. The molecule has 0 radical (unpaired) electrons. The minimum absolute atomic E-state index is 0.0861. The molecule has 0 fully saturated rings. The Morgan fingerprint density at radius 2 is 1.89 bits per heavy atom. The zero-order valence-corrected chi connectivity index (χ0v) is 11.3. The maximum absolute atomic E-state index is 13.8. The van der Waals surface area contributed by atoms with Crippen LogP contribution in [-0.2, 0) is 6.54 Å². The second kappa shape index (κ2) is 5.63. The Morgan fingerprint density at radius 1 is 1.28 bits per heavy atom. The van der Waals surface area contributed by atoms with Crippen molar-refractivity contribution in [1.29, 1.82) is 0 Å². The van der Waals surface area contributed by atoms with Crippen LogP contribution in [0.4, 0.5) is 8.78 Å². The minimum Gasteiger partial charge on any atom is -0.494 e. The highest BCUT2D eigenvalue weighted by atomic mass is 19.1. The van der Waals surface area contributed by atoms with Gasteiger partial charge in [-0.2, -0.15) is 0 Å². The van der Waals surface area contributed by atoms with Crippen LogP contribution in [0.3, 0.4) is 0 Å². The molecule has 0 aliphatic rings. The van der Waals surface area contributed by atoms with Gasteiger partial charge >= 0.3 is 0 Å². The first kappa shape index (κ1) is 14.9. The quantitative estimate of drug-likeness (QED) is 0.879. The first-order valence-electron chi connectivity index (χ1n) is 5.75. The van der Waals surface area contributed by atoms with Crippen LogP contribution in [0.2, 0.25) is 0 Å². The van der Waals surface area contributed by atoms with Crippen LogP contribution in [0, 0.1) is 11.6 Å². The van der Waals surface area contributed by atoms with E-state index in [-0.39, 0.29) is 23.4 Å². The molecule has 1 aromatic carbocycles. The highest BCUT2D eigenvalue weighted by Gasteiger charge is 2.23. The first-order valence-corrected chi connectivity index (χ1v) is 5.75. The molecule has 0 aromatic heterocycles. The van der Waals surface area contributed by atoms with Gasteiger partial charge in [-0.15, -0.1) is 0 Å². The molecule has 0 saturated heterocycles. The molecule has 0 unspecified atom stereocenters. The Kier molecular flexibility index (Phi) is 4.65. The van der Waals surface area contributed by atoms with E-state index >= 15 is 0 Å². The zero-order valence-electron chi connectivity index (χ0n) is 11.3. The summed E-state index contributed by atoms with van der Waals surface area (Å²) in [7, 11) is 3.13. The molecule has 3 nitrogen and oxygen atoms in total. The maximum Gasteiger partial charge on any atom is 0.165 e. The van der Waals surface area contributed by atoms with Crippen molar-refractivity contribution in [2.24, 2.45) is 5.73 Å². The van der Waals surface area contributed by atoms with Gasteiger partial charge in [0.1, 0.15) is 5.82 Å². The summed E-state index contributed by atoms with van der Waals surface area (Å²) in [5.41, 5.74) is 5.66. The van der Waals surface area contributed by atoms with Gasteiger partial charge in [-0.1, -0.05) is 0 Å². The van der Waals surface area contributed by atoms with Crippen LogP contribution in [-0.4, -0.2) is 31.1 Å². The molecular weight excluding hydrogens is 238 g/mol. The van der Waals surface area contributed by atoms with Crippen molar-refractivity contribution in [3.8, 4) is 5.75 Å². The molecule has 0 atom stereocenters. The van der Waals surface area contributed by atoms with Gasteiger partial charge in [0.2, 0.25) is 0 Å². The van der Waals surface area contributed by atoms with Crippen molar-refractivity contribution < 1.29 is 13.5 Å². The van der Waals surface area contributed by atoms with Crippen LogP contribution in [0.1, 0.15) is 19.4 Å². The molecule has 0 aliphatic heterocycles. The van der Waals surface area contributed by atoms with E-state index in [1.165, 1.54) is 7.11 Å². The summed E-state index contributed by atoms with van der Waals surface area (Å²) < 4.78 is 32.0. The Hall–Kier alpha value is -1.20. The molecule has 0 saturated carbocycles. The lowest BCUT2D eigenvalue weighted by Crippen LogP contribution is -2.46. The summed E-state index contributed by atoms with van der Waals surface area (Å²) in [4.78, 5) is 1.89. The highest BCUT2D eigenvalue weighted by Crippen LogP contribution is 2.23. The van der Waals surface area contributed by atoms with E-state index in [1.807, 2.05) is 25.8 Å². The molecule has 0 amide bonds. The van der Waals surface area contributed by atoms with Gasteiger partial charge in [-0.25, -0.2) is 8.78 Å². The third-order valence-electron chi connectivity index (χ3n) is 3.26. The lowest BCUT2D eigenvalue weighted by molar-refractivity contribution is 0.153. The zero-order chi connectivity index (χ0) is 13.9. The van der Waals surface area contributed by atoms with Crippen LogP contribution >= 0.6 is 0 Å². The Bertz CT molecular complexity index is 422. The number of ether oxygens (including phenoxy) is 1. The van der Waals surface area contributed by atoms with Crippen LogP contribution < -0.4 is 10.5 Å². The fraction of sp³-hybridized carbons (Fsp3) is 0.538. The number of hydrogen-bond acceptors (Lipinski definition) is 3.